The van der Waals surface area contributed by atoms with Crippen LogP contribution in [0, 0.1) is 5.41 Å². The molecule has 0 aromatic heterocycles. The zero-order chi connectivity index (χ0) is 20.6. The molecule has 2 N–H and O–H groups in total. The Balaban J connectivity index is 1.64. The average molecular weight is 401 g/mol. The lowest BCUT2D eigenvalue weighted by Gasteiger charge is -2.40. The Morgan fingerprint density at radius 1 is 1.11 bits per heavy atom. The van der Waals surface area contributed by atoms with Gasteiger partial charge in [0, 0.05) is 12.2 Å². The van der Waals surface area contributed by atoms with Gasteiger partial charge >= 0.3 is 12.1 Å². The fourth-order valence-corrected chi connectivity index (χ4v) is 4.07. The summed E-state index contributed by atoms with van der Waals surface area (Å²) in [6.45, 7) is -0.906. The lowest BCUT2D eigenvalue weighted by atomic mass is 9.67. The largest absolute Gasteiger partial charge is 0.484 e. The zero-order valence-corrected chi connectivity index (χ0v) is 15.2. The molecular formula is C19H22F3NO5. The van der Waals surface area contributed by atoms with Crippen LogP contribution in [0.5, 0.6) is 5.75 Å². The first-order chi connectivity index (χ1) is 13.0. The number of ether oxygens (including phenoxy) is 1. The second-order valence-electron chi connectivity index (χ2n) is 7.68. The van der Waals surface area contributed by atoms with Crippen LogP contribution in [-0.4, -0.2) is 47.0 Å². The number of aliphatic carboxylic acids is 1. The molecule has 2 fully saturated rings. The number of halogens is 3. The topological polar surface area (TPSA) is 87.1 Å². The van der Waals surface area contributed by atoms with Crippen molar-refractivity contribution in [2.75, 3.05) is 18.1 Å². The van der Waals surface area contributed by atoms with Crippen molar-refractivity contribution in [2.24, 2.45) is 5.41 Å². The summed E-state index contributed by atoms with van der Waals surface area (Å²) in [7, 11) is 0. The van der Waals surface area contributed by atoms with Gasteiger partial charge in [0.1, 0.15) is 5.75 Å². The van der Waals surface area contributed by atoms with E-state index < -0.39 is 29.8 Å². The van der Waals surface area contributed by atoms with Crippen LogP contribution in [0.2, 0.25) is 0 Å². The van der Waals surface area contributed by atoms with Gasteiger partial charge in [0.2, 0.25) is 5.91 Å². The number of alkyl halides is 3. The minimum absolute atomic E-state index is 0.0684. The van der Waals surface area contributed by atoms with E-state index in [1.807, 2.05) is 0 Å². The number of carbonyl (C=O) groups excluding carboxylic acids is 1. The van der Waals surface area contributed by atoms with Crippen molar-refractivity contribution < 1.29 is 37.7 Å². The fourth-order valence-electron chi connectivity index (χ4n) is 4.07. The molecule has 0 radical (unpaired) electrons. The summed E-state index contributed by atoms with van der Waals surface area (Å²) in [6.07, 6.45) is -2.81. The van der Waals surface area contributed by atoms with Crippen molar-refractivity contribution in [3.05, 3.63) is 24.3 Å². The number of anilines is 1. The zero-order valence-electron chi connectivity index (χ0n) is 15.2. The van der Waals surface area contributed by atoms with Crippen LogP contribution < -0.4 is 9.64 Å². The summed E-state index contributed by atoms with van der Waals surface area (Å²) in [5.41, 5.74) is -1.31. The Bertz CT molecular complexity index is 739. The molecule has 28 heavy (non-hydrogen) atoms. The van der Waals surface area contributed by atoms with Crippen molar-refractivity contribution in [3.63, 3.8) is 0 Å². The highest BCUT2D eigenvalue weighted by Gasteiger charge is 2.51. The van der Waals surface area contributed by atoms with E-state index in [4.69, 9.17) is 5.11 Å². The molecule has 1 heterocycles. The summed E-state index contributed by atoms with van der Waals surface area (Å²) < 4.78 is 41.3. The lowest BCUT2D eigenvalue weighted by Crippen LogP contribution is -2.44. The molecule has 1 spiro atoms. The number of amides is 1. The van der Waals surface area contributed by atoms with Gasteiger partial charge in [-0.1, -0.05) is 0 Å². The van der Waals surface area contributed by atoms with E-state index in [1.165, 1.54) is 12.1 Å². The monoisotopic (exact) mass is 401 g/mol. The van der Waals surface area contributed by atoms with Gasteiger partial charge in [-0.25, -0.2) is 0 Å². The van der Waals surface area contributed by atoms with Crippen LogP contribution in [0.3, 0.4) is 0 Å². The number of hydrogen-bond acceptors (Lipinski definition) is 4. The number of carboxylic acids is 1. The third-order valence-electron chi connectivity index (χ3n) is 5.68. The van der Waals surface area contributed by atoms with E-state index in [2.05, 4.69) is 4.74 Å². The maximum Gasteiger partial charge on any atom is 0.422 e. The van der Waals surface area contributed by atoms with Gasteiger partial charge in [-0.3, -0.25) is 9.59 Å². The Labute approximate surface area is 159 Å². The van der Waals surface area contributed by atoms with Crippen molar-refractivity contribution in [1.29, 1.82) is 0 Å². The van der Waals surface area contributed by atoms with E-state index in [0.717, 1.165) is 0 Å². The summed E-state index contributed by atoms with van der Waals surface area (Å²) in [6, 6.07) is 5.89. The molecule has 1 saturated carbocycles. The number of carbonyl (C=O) groups is 2. The Morgan fingerprint density at radius 3 is 2.25 bits per heavy atom. The van der Waals surface area contributed by atoms with Gasteiger partial charge in [-0.05, 0) is 56.4 Å². The van der Waals surface area contributed by atoms with Gasteiger partial charge in [-0.15, -0.1) is 0 Å². The second kappa shape index (κ2) is 7.27. The van der Waals surface area contributed by atoms with Gasteiger partial charge in [0.05, 0.1) is 17.4 Å². The fraction of sp³-hybridized carbons (Fsp3) is 0.579. The highest BCUT2D eigenvalue weighted by atomic mass is 19.4. The quantitative estimate of drug-likeness (QED) is 0.792. The van der Waals surface area contributed by atoms with E-state index in [0.29, 0.717) is 31.5 Å². The standard InChI is InChI=1S/C19H22F3NO5/c20-19(21,22)12-28-14-3-1-13(2-4-14)23-10-9-17(16(23)26)5-7-18(27,8-6-17)11-15(24)25/h1-4,27H,5-12H2,(H,24,25). The van der Waals surface area contributed by atoms with Crippen LogP contribution in [0.4, 0.5) is 18.9 Å². The molecule has 1 aliphatic carbocycles. The molecule has 0 bridgehead atoms. The van der Waals surface area contributed by atoms with Gasteiger partial charge in [-0.2, -0.15) is 13.2 Å². The number of nitrogens with zero attached hydrogens (tertiary/aromatic N) is 1. The predicted molar refractivity (Wildman–Crippen MR) is 93.1 cm³/mol. The SMILES string of the molecule is O=C(O)CC1(O)CCC2(CCN(c3ccc(OCC(F)(F)F)cc3)C2=O)CC1. The Hall–Kier alpha value is -2.29. The molecule has 6 nitrogen and oxygen atoms in total. The first kappa shape index (κ1) is 20.4. The summed E-state index contributed by atoms with van der Waals surface area (Å²) in [5, 5.41) is 19.3. The van der Waals surface area contributed by atoms with Crippen LogP contribution >= 0.6 is 0 Å². The smallest absolute Gasteiger partial charge is 0.422 e. The van der Waals surface area contributed by atoms with Crippen LogP contribution in [0.25, 0.3) is 0 Å². The number of carboxylic acid groups (broad SMARTS) is 1. The highest BCUT2D eigenvalue weighted by molar-refractivity contribution is 6.00. The maximum atomic E-state index is 13.0. The molecule has 154 valence electrons. The van der Waals surface area contributed by atoms with Crippen LogP contribution in [-0.2, 0) is 9.59 Å². The molecular weight excluding hydrogens is 379 g/mol. The molecule has 1 aliphatic heterocycles. The van der Waals surface area contributed by atoms with Crippen molar-refractivity contribution in [1.82, 2.24) is 0 Å². The number of benzene rings is 1. The van der Waals surface area contributed by atoms with Crippen molar-refractivity contribution in [3.8, 4) is 5.75 Å². The first-order valence-electron chi connectivity index (χ1n) is 9.08. The second-order valence-corrected chi connectivity index (χ2v) is 7.68. The molecule has 1 saturated heterocycles. The van der Waals surface area contributed by atoms with E-state index >= 15 is 0 Å². The molecule has 1 aromatic rings. The van der Waals surface area contributed by atoms with E-state index in [-0.39, 0.29) is 30.9 Å². The van der Waals surface area contributed by atoms with Gasteiger partial charge < -0.3 is 19.8 Å². The van der Waals surface area contributed by atoms with Crippen LogP contribution in [0.1, 0.15) is 38.5 Å². The third-order valence-corrected chi connectivity index (χ3v) is 5.68. The normalized spacial score (nSPS) is 28.0. The average Bonchev–Trinajstić information content (AvgIpc) is 2.92. The van der Waals surface area contributed by atoms with Crippen molar-refractivity contribution >= 4 is 17.6 Å². The molecule has 1 amide bonds. The van der Waals surface area contributed by atoms with Gasteiger partial charge in [0.25, 0.3) is 0 Å². The molecule has 3 rings (SSSR count). The number of rotatable bonds is 5. The van der Waals surface area contributed by atoms with E-state index in [1.54, 1.807) is 17.0 Å². The van der Waals surface area contributed by atoms with Gasteiger partial charge in [0.15, 0.2) is 6.61 Å². The minimum atomic E-state index is -4.42. The highest BCUT2D eigenvalue weighted by Crippen LogP contribution is 2.49. The molecule has 1 aromatic carbocycles. The first-order valence-corrected chi connectivity index (χ1v) is 9.08. The molecule has 0 atom stereocenters. The maximum absolute atomic E-state index is 13.0. The minimum Gasteiger partial charge on any atom is -0.484 e. The third kappa shape index (κ3) is 4.40. The number of aliphatic hydroxyl groups is 1. The molecule has 2 aliphatic rings. The number of hydrogen-bond donors (Lipinski definition) is 2. The van der Waals surface area contributed by atoms with Crippen LogP contribution in [0.15, 0.2) is 24.3 Å². The van der Waals surface area contributed by atoms with E-state index in [9.17, 15) is 27.9 Å². The summed E-state index contributed by atoms with van der Waals surface area (Å²) in [4.78, 5) is 25.5. The molecule has 9 heteroatoms. The Kier molecular flexibility index (Phi) is 5.31. The Morgan fingerprint density at radius 2 is 1.71 bits per heavy atom. The molecule has 0 unspecified atom stereocenters. The lowest BCUT2D eigenvalue weighted by molar-refractivity contribution is -0.153. The van der Waals surface area contributed by atoms with Crippen molar-refractivity contribution in [2.45, 2.75) is 50.3 Å². The predicted octanol–water partition coefficient (Wildman–Crippen LogP) is 3.13. The summed E-state index contributed by atoms with van der Waals surface area (Å²) >= 11 is 0. The summed E-state index contributed by atoms with van der Waals surface area (Å²) in [5.74, 6) is -1.08.